The summed E-state index contributed by atoms with van der Waals surface area (Å²) in [6.45, 7) is 5.63. The van der Waals surface area contributed by atoms with Crippen LogP contribution in [0.4, 0.5) is 4.79 Å². The number of hydrogen-bond acceptors (Lipinski definition) is 7. The molecule has 3 aliphatic heterocycles. The molecule has 2 aromatic rings. The number of likely N-dealkylation sites (tertiary alicyclic amines) is 2. The summed E-state index contributed by atoms with van der Waals surface area (Å²) in [4.78, 5) is 62.2. The Morgan fingerprint density at radius 1 is 1.03 bits per heavy atom. The molecule has 0 radical (unpaired) electrons. The lowest BCUT2D eigenvalue weighted by atomic mass is 9.70. The van der Waals surface area contributed by atoms with Crippen LogP contribution >= 0.6 is 11.3 Å². The number of aromatic nitrogens is 1. The van der Waals surface area contributed by atoms with Crippen LogP contribution in [0.2, 0.25) is 0 Å². The van der Waals surface area contributed by atoms with E-state index in [4.69, 9.17) is 4.74 Å². The molecule has 3 saturated heterocycles. The molecule has 1 aromatic carbocycles. The lowest BCUT2D eigenvalue weighted by Gasteiger charge is -2.51. The first-order chi connectivity index (χ1) is 17.2. The van der Waals surface area contributed by atoms with Crippen LogP contribution in [-0.4, -0.2) is 76.3 Å². The number of carbonyl (C=O) groups is 4. The van der Waals surface area contributed by atoms with Gasteiger partial charge in [-0.1, -0.05) is 44.2 Å². The second kappa shape index (κ2) is 8.12. The topological polar surface area (TPSA) is 100 Å². The molecule has 3 atom stereocenters. The van der Waals surface area contributed by atoms with Crippen molar-refractivity contribution in [1.82, 2.24) is 19.7 Å². The fourth-order valence-electron chi connectivity index (χ4n) is 5.99. The van der Waals surface area contributed by atoms with E-state index >= 15 is 0 Å². The largest absolute Gasteiger partial charge is 0.446 e. The summed E-state index contributed by atoms with van der Waals surface area (Å²) < 4.78 is 5.30. The highest BCUT2D eigenvalue weighted by Gasteiger charge is 2.63. The minimum absolute atomic E-state index is 0.0105. The molecule has 10 heteroatoms. The molecular weight excluding hydrogens is 480 g/mol. The number of thiazole rings is 1. The standard InChI is InChI=1S/C26H28N4O5S/c1-25(2)8-17(25)21(31)29-13-26(14-29)12-28(23(33)20-9-27-15-36-20)10-18(26)22(32)30-19(11-35-24(30)34)16-6-4-3-5-7-16/h3-7,9,15,17-19H,8,10-14H2,1-2H3/t17-,18+,19+/m1/s1. The first-order valence-electron chi connectivity index (χ1n) is 12.2. The maximum Gasteiger partial charge on any atom is 0.417 e. The van der Waals surface area contributed by atoms with Gasteiger partial charge in [-0.25, -0.2) is 9.69 Å². The van der Waals surface area contributed by atoms with Crippen molar-refractivity contribution in [3.8, 4) is 0 Å². The van der Waals surface area contributed by atoms with Crippen LogP contribution in [0.25, 0.3) is 0 Å². The van der Waals surface area contributed by atoms with Crippen LogP contribution in [0.1, 0.15) is 41.5 Å². The minimum atomic E-state index is -0.664. The molecule has 36 heavy (non-hydrogen) atoms. The van der Waals surface area contributed by atoms with Crippen LogP contribution in [0.5, 0.6) is 0 Å². The predicted molar refractivity (Wildman–Crippen MR) is 130 cm³/mol. The number of imide groups is 1. The molecular formula is C26H28N4O5S. The van der Waals surface area contributed by atoms with Gasteiger partial charge in [-0.15, -0.1) is 11.3 Å². The Morgan fingerprint density at radius 2 is 1.72 bits per heavy atom. The Kier molecular flexibility index (Phi) is 5.22. The molecule has 0 bridgehead atoms. The fourth-order valence-corrected chi connectivity index (χ4v) is 6.58. The zero-order chi connectivity index (χ0) is 25.2. The molecule has 4 amide bonds. The fraction of sp³-hybridized carbons (Fsp3) is 0.500. The summed E-state index contributed by atoms with van der Waals surface area (Å²) in [6.07, 6.45) is 1.74. The van der Waals surface area contributed by atoms with E-state index in [1.165, 1.54) is 22.4 Å². The Bertz CT molecular complexity index is 1220. The van der Waals surface area contributed by atoms with Gasteiger partial charge in [-0.2, -0.15) is 0 Å². The van der Waals surface area contributed by atoms with E-state index in [1.54, 1.807) is 10.4 Å². The summed E-state index contributed by atoms with van der Waals surface area (Å²) in [6, 6.07) is 8.84. The van der Waals surface area contributed by atoms with Crippen molar-refractivity contribution in [3.63, 3.8) is 0 Å². The zero-order valence-corrected chi connectivity index (χ0v) is 21.1. The number of cyclic esters (lactones) is 1. The van der Waals surface area contributed by atoms with Crippen LogP contribution in [0, 0.1) is 22.7 Å². The van der Waals surface area contributed by atoms with Crippen LogP contribution < -0.4 is 0 Å². The number of nitrogens with zero attached hydrogens (tertiary/aromatic N) is 4. The van der Waals surface area contributed by atoms with E-state index in [0.717, 1.165) is 12.0 Å². The summed E-state index contributed by atoms with van der Waals surface area (Å²) in [5.74, 6) is -1.00. The van der Waals surface area contributed by atoms with E-state index in [9.17, 15) is 19.2 Å². The van der Waals surface area contributed by atoms with Crippen molar-refractivity contribution in [2.45, 2.75) is 26.3 Å². The number of hydrogen-bond donors (Lipinski definition) is 0. The Hall–Kier alpha value is -3.27. The van der Waals surface area contributed by atoms with Crippen molar-refractivity contribution >= 4 is 35.2 Å². The van der Waals surface area contributed by atoms with Crippen molar-refractivity contribution < 1.29 is 23.9 Å². The van der Waals surface area contributed by atoms with Gasteiger partial charge in [0.05, 0.1) is 17.6 Å². The van der Waals surface area contributed by atoms with Crippen molar-refractivity contribution in [2.24, 2.45) is 22.7 Å². The summed E-state index contributed by atoms with van der Waals surface area (Å²) in [5.41, 5.74) is 1.85. The van der Waals surface area contributed by atoms with Gasteiger partial charge in [-0.3, -0.25) is 19.4 Å². The van der Waals surface area contributed by atoms with Gasteiger partial charge >= 0.3 is 6.09 Å². The van der Waals surface area contributed by atoms with Crippen LogP contribution in [-0.2, 0) is 14.3 Å². The van der Waals surface area contributed by atoms with Crippen molar-refractivity contribution in [3.05, 3.63) is 52.5 Å². The minimum Gasteiger partial charge on any atom is -0.446 e. The van der Waals surface area contributed by atoms with E-state index in [1.807, 2.05) is 35.2 Å². The summed E-state index contributed by atoms with van der Waals surface area (Å²) in [7, 11) is 0. The molecule has 9 nitrogen and oxygen atoms in total. The van der Waals surface area contributed by atoms with Gasteiger partial charge in [0.15, 0.2) is 0 Å². The van der Waals surface area contributed by atoms with E-state index in [-0.39, 0.29) is 42.2 Å². The monoisotopic (exact) mass is 508 g/mol. The highest BCUT2D eigenvalue weighted by molar-refractivity contribution is 7.11. The quantitative estimate of drug-likeness (QED) is 0.630. The van der Waals surface area contributed by atoms with Gasteiger partial charge in [0.25, 0.3) is 5.91 Å². The van der Waals surface area contributed by atoms with Crippen molar-refractivity contribution in [1.29, 1.82) is 0 Å². The molecule has 4 aliphatic rings. The number of benzene rings is 1. The molecule has 6 rings (SSSR count). The van der Waals surface area contributed by atoms with E-state index in [0.29, 0.717) is 24.5 Å². The molecule has 188 valence electrons. The highest BCUT2D eigenvalue weighted by Crippen LogP contribution is 2.55. The second-order valence-electron chi connectivity index (χ2n) is 11.1. The highest BCUT2D eigenvalue weighted by atomic mass is 32.1. The third kappa shape index (κ3) is 3.61. The summed E-state index contributed by atoms with van der Waals surface area (Å²) in [5, 5.41) is 0. The smallest absolute Gasteiger partial charge is 0.417 e. The van der Waals surface area contributed by atoms with Gasteiger partial charge < -0.3 is 14.5 Å². The SMILES string of the molecule is CC1(C)C[C@@H]1C(=O)N1CC2(CN(C(=O)c3cncs3)C[C@H]2C(=O)N2C(=O)OC[C@H]2c2ccccc2)C1. The zero-order valence-electron chi connectivity index (χ0n) is 20.3. The number of amides is 4. The van der Waals surface area contributed by atoms with Gasteiger partial charge in [-0.05, 0) is 17.4 Å². The maximum atomic E-state index is 14.0. The number of ether oxygens (including phenoxy) is 1. The molecule has 0 N–H and O–H groups in total. The Balaban J connectivity index is 1.27. The molecule has 1 aliphatic carbocycles. The first kappa shape index (κ1) is 23.1. The van der Waals surface area contributed by atoms with Crippen LogP contribution in [0.15, 0.2) is 42.0 Å². The van der Waals surface area contributed by atoms with Crippen molar-refractivity contribution in [2.75, 3.05) is 32.8 Å². The Labute approximate surface area is 213 Å². The van der Waals surface area contributed by atoms with Gasteiger partial charge in [0.1, 0.15) is 17.5 Å². The lowest BCUT2D eigenvalue weighted by Crippen LogP contribution is -2.64. The van der Waals surface area contributed by atoms with E-state index < -0.39 is 23.5 Å². The number of carbonyl (C=O) groups excluding carboxylic acids is 4. The van der Waals surface area contributed by atoms with Gasteiger partial charge in [0.2, 0.25) is 11.8 Å². The average molecular weight is 509 g/mol. The molecule has 4 fully saturated rings. The van der Waals surface area contributed by atoms with Gasteiger partial charge in [0, 0.05) is 37.5 Å². The molecule has 0 unspecified atom stereocenters. The summed E-state index contributed by atoms with van der Waals surface area (Å²) >= 11 is 1.26. The normalized spacial score (nSPS) is 27.7. The predicted octanol–water partition coefficient (Wildman–Crippen LogP) is 2.81. The molecule has 4 heterocycles. The third-order valence-corrected chi connectivity index (χ3v) is 9.07. The van der Waals surface area contributed by atoms with E-state index in [2.05, 4.69) is 18.8 Å². The lowest BCUT2D eigenvalue weighted by molar-refractivity contribution is -0.154. The molecule has 1 spiro atoms. The second-order valence-corrected chi connectivity index (χ2v) is 12.0. The molecule has 1 aromatic heterocycles. The maximum absolute atomic E-state index is 14.0. The Morgan fingerprint density at radius 3 is 2.36 bits per heavy atom. The molecule has 1 saturated carbocycles. The number of rotatable bonds is 4. The third-order valence-electron chi connectivity index (χ3n) is 8.31. The first-order valence-corrected chi connectivity index (χ1v) is 13.1. The average Bonchev–Trinajstić information content (AvgIpc) is 3.33. The van der Waals surface area contributed by atoms with Crippen LogP contribution in [0.3, 0.4) is 0 Å².